The van der Waals surface area contributed by atoms with Crippen molar-refractivity contribution in [3.8, 4) is 5.75 Å². The number of carbonyl (C=O) groups excluding carboxylic acids is 2. The quantitative estimate of drug-likeness (QED) is 0.701. The molecular formula is C19H22N4O4. The van der Waals surface area contributed by atoms with Gasteiger partial charge in [0.25, 0.3) is 5.91 Å². The lowest BCUT2D eigenvalue weighted by atomic mass is 9.93. The summed E-state index contributed by atoms with van der Waals surface area (Å²) in [6.45, 7) is 4.18. The Morgan fingerprint density at radius 1 is 1.30 bits per heavy atom. The highest BCUT2D eigenvalue weighted by Crippen LogP contribution is 2.31. The zero-order valence-corrected chi connectivity index (χ0v) is 15.3. The molecule has 0 atom stereocenters. The van der Waals surface area contributed by atoms with Gasteiger partial charge in [0.1, 0.15) is 11.5 Å². The Hall–Kier alpha value is -3.29. The molecule has 8 nitrogen and oxygen atoms in total. The normalized spacial score (nSPS) is 14.5. The van der Waals surface area contributed by atoms with Gasteiger partial charge in [-0.05, 0) is 38.8 Å². The fourth-order valence-corrected chi connectivity index (χ4v) is 3.15. The number of nitrogens with one attached hydrogen (secondary N) is 2. The highest BCUT2D eigenvalue weighted by atomic mass is 16.5. The monoisotopic (exact) mass is 370 g/mol. The molecule has 3 rings (SSSR count). The van der Waals surface area contributed by atoms with Crippen LogP contribution in [-0.4, -0.2) is 24.3 Å². The summed E-state index contributed by atoms with van der Waals surface area (Å²) in [4.78, 5) is 23.7. The Labute approximate surface area is 156 Å². The van der Waals surface area contributed by atoms with Crippen LogP contribution in [0.5, 0.6) is 5.75 Å². The van der Waals surface area contributed by atoms with Crippen molar-refractivity contribution in [3.05, 3.63) is 46.9 Å². The van der Waals surface area contributed by atoms with Gasteiger partial charge in [0.2, 0.25) is 0 Å². The number of urea groups is 1. The predicted octanol–water partition coefficient (Wildman–Crippen LogP) is 2.95. The number of aryl methyl sites for hydroxylation is 1. The molecular weight excluding hydrogens is 348 g/mol. The second-order valence-corrected chi connectivity index (χ2v) is 6.13. The smallest absolute Gasteiger partial charge is 0.332 e. The maximum absolute atomic E-state index is 12.8. The molecule has 4 N–H and O–H groups in total. The molecule has 0 radical (unpaired) electrons. The molecule has 8 heteroatoms. The molecule has 3 amide bonds. The minimum Gasteiger partial charge on any atom is -0.492 e. The standard InChI is InChI=1S/C19H22N4O4/c1-3-26-14-9-5-4-7-12(14)21-18(24)17-11(2)16-13(22-23-19(20)25)8-6-10-15(16)27-17/h4-5,7,9H,3,6,8,10H2,1-2H3,(H,21,24)(H3,20,23,25)/b22-13+. The minimum absolute atomic E-state index is 0.222. The molecule has 0 fully saturated rings. The van der Waals surface area contributed by atoms with Crippen molar-refractivity contribution in [3.63, 3.8) is 0 Å². The van der Waals surface area contributed by atoms with Gasteiger partial charge in [-0.25, -0.2) is 10.2 Å². The topological polar surface area (TPSA) is 119 Å². The SMILES string of the molecule is CCOc1ccccc1NC(=O)c1oc2c(c1C)/C(=N/NC(N)=O)CCC2. The highest BCUT2D eigenvalue weighted by Gasteiger charge is 2.28. The third-order valence-corrected chi connectivity index (χ3v) is 4.27. The zero-order chi connectivity index (χ0) is 19.4. The number of rotatable bonds is 5. The van der Waals surface area contributed by atoms with E-state index in [9.17, 15) is 9.59 Å². The van der Waals surface area contributed by atoms with Gasteiger partial charge in [-0.3, -0.25) is 4.79 Å². The zero-order valence-electron chi connectivity index (χ0n) is 15.3. The summed E-state index contributed by atoms with van der Waals surface area (Å²) in [5.41, 5.74) is 10.0. The van der Waals surface area contributed by atoms with Gasteiger partial charge in [0.05, 0.1) is 18.0 Å². The maximum atomic E-state index is 12.8. The molecule has 0 spiro atoms. The molecule has 1 aromatic carbocycles. The van der Waals surface area contributed by atoms with Crippen molar-refractivity contribution in [2.45, 2.75) is 33.1 Å². The van der Waals surface area contributed by atoms with Crippen LogP contribution in [0.2, 0.25) is 0 Å². The van der Waals surface area contributed by atoms with Crippen LogP contribution in [0.4, 0.5) is 10.5 Å². The average Bonchev–Trinajstić information content (AvgIpc) is 2.99. The van der Waals surface area contributed by atoms with E-state index in [1.165, 1.54) is 0 Å². The third kappa shape index (κ3) is 3.94. The molecule has 0 bridgehead atoms. The van der Waals surface area contributed by atoms with E-state index >= 15 is 0 Å². The first-order valence-corrected chi connectivity index (χ1v) is 8.79. The number of hydrogen-bond acceptors (Lipinski definition) is 5. The number of carbonyl (C=O) groups is 2. The molecule has 1 aromatic heterocycles. The molecule has 0 unspecified atom stereocenters. The third-order valence-electron chi connectivity index (χ3n) is 4.27. The number of nitrogens with two attached hydrogens (primary N) is 1. The Bertz CT molecular complexity index is 901. The summed E-state index contributed by atoms with van der Waals surface area (Å²) < 4.78 is 11.4. The number of para-hydroxylation sites is 2. The van der Waals surface area contributed by atoms with Gasteiger partial charge in [-0.2, -0.15) is 5.10 Å². The van der Waals surface area contributed by atoms with E-state index < -0.39 is 6.03 Å². The van der Waals surface area contributed by atoms with E-state index in [-0.39, 0.29) is 11.7 Å². The lowest BCUT2D eigenvalue weighted by Crippen LogP contribution is -2.27. The largest absolute Gasteiger partial charge is 0.492 e. The van der Waals surface area contributed by atoms with Crippen molar-refractivity contribution in [2.75, 3.05) is 11.9 Å². The highest BCUT2D eigenvalue weighted by molar-refractivity contribution is 6.09. The maximum Gasteiger partial charge on any atom is 0.332 e. The summed E-state index contributed by atoms with van der Waals surface area (Å²) >= 11 is 0. The fraction of sp³-hybridized carbons (Fsp3) is 0.316. The molecule has 1 aliphatic rings. The van der Waals surface area contributed by atoms with Crippen LogP contribution < -0.4 is 21.2 Å². The van der Waals surface area contributed by atoms with Crippen LogP contribution in [0, 0.1) is 6.92 Å². The first-order valence-electron chi connectivity index (χ1n) is 8.79. The van der Waals surface area contributed by atoms with Gasteiger partial charge < -0.3 is 20.2 Å². The number of hydrogen-bond donors (Lipinski definition) is 3. The number of nitrogens with zero attached hydrogens (tertiary/aromatic N) is 1. The van der Waals surface area contributed by atoms with Gasteiger partial charge in [0.15, 0.2) is 5.76 Å². The van der Waals surface area contributed by atoms with Crippen LogP contribution in [0.3, 0.4) is 0 Å². The number of amides is 3. The number of ether oxygens (including phenoxy) is 1. The van der Waals surface area contributed by atoms with E-state index in [1.807, 2.05) is 19.1 Å². The van der Waals surface area contributed by atoms with Gasteiger partial charge in [-0.1, -0.05) is 12.1 Å². The Morgan fingerprint density at radius 3 is 2.81 bits per heavy atom. The van der Waals surface area contributed by atoms with Crippen molar-refractivity contribution in [1.29, 1.82) is 0 Å². The van der Waals surface area contributed by atoms with Gasteiger partial charge >= 0.3 is 6.03 Å². The summed E-state index contributed by atoms with van der Waals surface area (Å²) in [6.07, 6.45) is 2.18. The first kappa shape index (κ1) is 18.5. The molecule has 1 aliphatic carbocycles. The molecule has 2 aromatic rings. The molecule has 0 saturated carbocycles. The Balaban J connectivity index is 1.89. The molecule has 1 heterocycles. The lowest BCUT2D eigenvalue weighted by Gasteiger charge is -2.13. The minimum atomic E-state index is -0.735. The summed E-state index contributed by atoms with van der Waals surface area (Å²) in [5, 5.41) is 6.90. The lowest BCUT2D eigenvalue weighted by molar-refractivity contribution is 0.0993. The van der Waals surface area contributed by atoms with E-state index in [1.54, 1.807) is 19.1 Å². The van der Waals surface area contributed by atoms with Crippen LogP contribution in [-0.2, 0) is 6.42 Å². The first-order chi connectivity index (χ1) is 13.0. The van der Waals surface area contributed by atoms with E-state index in [2.05, 4.69) is 15.8 Å². The molecule has 27 heavy (non-hydrogen) atoms. The van der Waals surface area contributed by atoms with E-state index in [0.717, 1.165) is 12.0 Å². The van der Waals surface area contributed by atoms with E-state index in [4.69, 9.17) is 14.9 Å². The van der Waals surface area contributed by atoms with Crippen molar-refractivity contribution >= 4 is 23.3 Å². The van der Waals surface area contributed by atoms with Crippen LogP contribution in [0.15, 0.2) is 33.8 Å². The van der Waals surface area contributed by atoms with Crippen LogP contribution in [0.1, 0.15) is 47.2 Å². The summed E-state index contributed by atoms with van der Waals surface area (Å²) in [7, 11) is 0. The number of fused-ring (bicyclic) bond motifs is 1. The van der Waals surface area contributed by atoms with Crippen molar-refractivity contribution in [1.82, 2.24) is 5.43 Å². The molecule has 142 valence electrons. The second kappa shape index (κ2) is 7.94. The predicted molar refractivity (Wildman–Crippen MR) is 101 cm³/mol. The van der Waals surface area contributed by atoms with Crippen molar-refractivity contribution in [2.24, 2.45) is 10.8 Å². The second-order valence-electron chi connectivity index (χ2n) is 6.13. The Kier molecular flexibility index (Phi) is 5.44. The number of anilines is 1. The van der Waals surface area contributed by atoms with E-state index in [0.29, 0.717) is 47.9 Å². The Morgan fingerprint density at radius 2 is 2.07 bits per heavy atom. The number of benzene rings is 1. The number of furan rings is 1. The number of primary amides is 1. The van der Waals surface area contributed by atoms with Gasteiger partial charge in [-0.15, -0.1) is 0 Å². The molecule has 0 saturated heterocycles. The summed E-state index contributed by atoms with van der Waals surface area (Å²) in [5.74, 6) is 1.14. The van der Waals surface area contributed by atoms with Crippen molar-refractivity contribution < 1.29 is 18.7 Å². The fourth-order valence-electron chi connectivity index (χ4n) is 3.15. The summed E-state index contributed by atoms with van der Waals surface area (Å²) in [6, 6.07) is 6.48. The van der Waals surface area contributed by atoms with Crippen LogP contribution >= 0.6 is 0 Å². The molecule has 0 aliphatic heterocycles. The van der Waals surface area contributed by atoms with Crippen LogP contribution in [0.25, 0.3) is 0 Å². The van der Waals surface area contributed by atoms with Gasteiger partial charge in [0, 0.05) is 17.5 Å². The number of hydrazone groups is 1. The average molecular weight is 370 g/mol.